The van der Waals surface area contributed by atoms with Crippen molar-refractivity contribution in [3.63, 3.8) is 0 Å². The Balaban J connectivity index is 1.77. The molecule has 0 bridgehead atoms. The summed E-state index contributed by atoms with van der Waals surface area (Å²) < 4.78 is 0. The van der Waals surface area contributed by atoms with Crippen LogP contribution in [0.3, 0.4) is 0 Å². The molecule has 1 heterocycles. The molecule has 0 spiro atoms. The van der Waals surface area contributed by atoms with Gasteiger partial charge >= 0.3 is 0 Å². The zero-order valence-electron chi connectivity index (χ0n) is 10.0. The van der Waals surface area contributed by atoms with Crippen molar-refractivity contribution in [2.75, 3.05) is 5.32 Å². The second kappa shape index (κ2) is 5.83. The van der Waals surface area contributed by atoms with E-state index in [1.807, 2.05) is 0 Å². The quantitative estimate of drug-likeness (QED) is 0.844. The third-order valence-electron chi connectivity index (χ3n) is 3.46. The van der Waals surface area contributed by atoms with Crippen molar-refractivity contribution in [3.05, 3.63) is 18.6 Å². The fraction of sp³-hybridized carbons (Fsp3) is 0.692. The van der Waals surface area contributed by atoms with Gasteiger partial charge in [0.05, 0.1) is 6.20 Å². The number of aromatic nitrogens is 2. The number of rotatable bonds is 4. The average Bonchev–Trinajstić information content (AvgIpc) is 2.33. The van der Waals surface area contributed by atoms with Gasteiger partial charge in [0.1, 0.15) is 5.82 Å². The summed E-state index contributed by atoms with van der Waals surface area (Å²) in [6.07, 6.45) is 13.3. The molecule has 0 unspecified atom stereocenters. The Bertz CT molecular complexity index is 291. The molecule has 1 aromatic rings. The number of nitrogens with zero attached hydrogens (tertiary/aromatic N) is 2. The first-order valence-corrected chi connectivity index (χ1v) is 6.41. The first-order chi connectivity index (χ1) is 7.88. The van der Waals surface area contributed by atoms with Crippen molar-refractivity contribution in [1.82, 2.24) is 9.97 Å². The minimum atomic E-state index is 0.602. The third-order valence-corrected chi connectivity index (χ3v) is 3.46. The minimum Gasteiger partial charge on any atom is -0.366 e. The van der Waals surface area contributed by atoms with E-state index in [-0.39, 0.29) is 0 Å². The molecular formula is C13H21N3. The second-order valence-corrected chi connectivity index (χ2v) is 4.74. The fourth-order valence-corrected chi connectivity index (χ4v) is 2.59. The van der Waals surface area contributed by atoms with Crippen molar-refractivity contribution in [1.29, 1.82) is 0 Å². The van der Waals surface area contributed by atoms with Crippen LogP contribution < -0.4 is 5.32 Å². The molecule has 1 fully saturated rings. The summed E-state index contributed by atoms with van der Waals surface area (Å²) in [5.41, 5.74) is 0. The van der Waals surface area contributed by atoms with E-state index < -0.39 is 0 Å². The number of nitrogens with one attached hydrogen (secondary N) is 1. The van der Waals surface area contributed by atoms with Crippen LogP contribution in [0, 0.1) is 5.92 Å². The van der Waals surface area contributed by atoms with E-state index in [2.05, 4.69) is 22.2 Å². The van der Waals surface area contributed by atoms with E-state index in [0.717, 1.165) is 11.7 Å². The highest BCUT2D eigenvalue weighted by atomic mass is 15.0. The van der Waals surface area contributed by atoms with Crippen LogP contribution in [0.25, 0.3) is 0 Å². The first-order valence-electron chi connectivity index (χ1n) is 6.41. The maximum atomic E-state index is 4.25. The highest BCUT2D eigenvalue weighted by Gasteiger charge is 2.20. The van der Waals surface area contributed by atoms with Crippen LogP contribution in [-0.2, 0) is 0 Å². The van der Waals surface area contributed by atoms with Gasteiger partial charge in [-0.2, -0.15) is 0 Å². The van der Waals surface area contributed by atoms with Crippen LogP contribution in [0.2, 0.25) is 0 Å². The maximum absolute atomic E-state index is 4.25. The van der Waals surface area contributed by atoms with Crippen molar-refractivity contribution < 1.29 is 0 Å². The van der Waals surface area contributed by atoms with Gasteiger partial charge in [-0.25, -0.2) is 4.98 Å². The third kappa shape index (κ3) is 3.19. The number of anilines is 1. The Labute approximate surface area is 97.7 Å². The van der Waals surface area contributed by atoms with Gasteiger partial charge in [0.2, 0.25) is 0 Å². The molecule has 1 aromatic heterocycles. The Morgan fingerprint density at radius 1 is 1.25 bits per heavy atom. The van der Waals surface area contributed by atoms with E-state index >= 15 is 0 Å². The predicted molar refractivity (Wildman–Crippen MR) is 66.3 cm³/mol. The summed E-state index contributed by atoms with van der Waals surface area (Å²) in [5, 5.41) is 3.47. The molecule has 3 nitrogen and oxygen atoms in total. The summed E-state index contributed by atoms with van der Waals surface area (Å²) in [5.74, 6) is 1.88. The summed E-state index contributed by atoms with van der Waals surface area (Å²) in [6, 6.07) is 0.602. The van der Waals surface area contributed by atoms with Gasteiger partial charge in [-0.1, -0.05) is 19.8 Å². The molecular weight excluding hydrogens is 198 g/mol. The Hall–Kier alpha value is -1.12. The fourth-order valence-electron chi connectivity index (χ4n) is 2.59. The van der Waals surface area contributed by atoms with Crippen LogP contribution >= 0.6 is 0 Å². The molecule has 0 aliphatic heterocycles. The second-order valence-electron chi connectivity index (χ2n) is 4.74. The van der Waals surface area contributed by atoms with Crippen LogP contribution in [-0.4, -0.2) is 16.0 Å². The lowest BCUT2D eigenvalue weighted by atomic mass is 9.83. The predicted octanol–water partition coefficient (Wildman–Crippen LogP) is 3.25. The zero-order chi connectivity index (χ0) is 11.2. The van der Waals surface area contributed by atoms with E-state index in [9.17, 15) is 0 Å². The SMILES string of the molecule is CCCC1CCC(Nc2cnccn2)CC1. The topological polar surface area (TPSA) is 37.8 Å². The van der Waals surface area contributed by atoms with Gasteiger partial charge < -0.3 is 5.32 Å². The smallest absolute Gasteiger partial charge is 0.144 e. The molecule has 0 radical (unpaired) electrons. The lowest BCUT2D eigenvalue weighted by Gasteiger charge is -2.29. The molecule has 0 amide bonds. The van der Waals surface area contributed by atoms with Crippen molar-refractivity contribution in [2.24, 2.45) is 5.92 Å². The van der Waals surface area contributed by atoms with Gasteiger partial charge in [0.25, 0.3) is 0 Å². The molecule has 88 valence electrons. The zero-order valence-corrected chi connectivity index (χ0v) is 10.0. The van der Waals surface area contributed by atoms with Crippen molar-refractivity contribution in [2.45, 2.75) is 51.5 Å². The molecule has 3 heteroatoms. The average molecular weight is 219 g/mol. The lowest BCUT2D eigenvalue weighted by Crippen LogP contribution is -2.26. The molecule has 2 rings (SSSR count). The van der Waals surface area contributed by atoms with Crippen molar-refractivity contribution >= 4 is 5.82 Å². The van der Waals surface area contributed by atoms with Gasteiger partial charge in [0.15, 0.2) is 0 Å². The van der Waals surface area contributed by atoms with Crippen LogP contribution in [0.4, 0.5) is 5.82 Å². The summed E-state index contributed by atoms with van der Waals surface area (Å²) in [6.45, 7) is 2.28. The minimum absolute atomic E-state index is 0.602. The summed E-state index contributed by atoms with van der Waals surface area (Å²) in [4.78, 5) is 8.32. The van der Waals surface area contributed by atoms with Crippen LogP contribution in [0.1, 0.15) is 45.4 Å². The molecule has 0 atom stereocenters. The van der Waals surface area contributed by atoms with Crippen LogP contribution in [0.5, 0.6) is 0 Å². The molecule has 1 saturated carbocycles. The Morgan fingerprint density at radius 2 is 2.06 bits per heavy atom. The normalized spacial score (nSPS) is 25.3. The van der Waals surface area contributed by atoms with E-state index in [0.29, 0.717) is 6.04 Å². The van der Waals surface area contributed by atoms with Gasteiger partial charge in [-0.15, -0.1) is 0 Å². The highest BCUT2D eigenvalue weighted by molar-refractivity contribution is 5.31. The first kappa shape index (κ1) is 11.4. The van der Waals surface area contributed by atoms with Crippen LogP contribution in [0.15, 0.2) is 18.6 Å². The summed E-state index contributed by atoms with van der Waals surface area (Å²) >= 11 is 0. The molecule has 16 heavy (non-hydrogen) atoms. The molecule has 0 saturated heterocycles. The largest absolute Gasteiger partial charge is 0.366 e. The highest BCUT2D eigenvalue weighted by Crippen LogP contribution is 2.28. The standard InChI is InChI=1S/C13H21N3/c1-2-3-11-4-6-12(7-5-11)16-13-10-14-8-9-15-13/h8-12H,2-7H2,1H3,(H,15,16). The molecule has 0 aromatic carbocycles. The van der Waals surface area contributed by atoms with E-state index in [1.54, 1.807) is 18.6 Å². The summed E-state index contributed by atoms with van der Waals surface area (Å²) in [7, 11) is 0. The maximum Gasteiger partial charge on any atom is 0.144 e. The molecule has 1 N–H and O–H groups in total. The van der Waals surface area contributed by atoms with Gasteiger partial charge in [-0.05, 0) is 31.6 Å². The van der Waals surface area contributed by atoms with Gasteiger partial charge in [0, 0.05) is 18.4 Å². The Morgan fingerprint density at radius 3 is 2.69 bits per heavy atom. The molecule has 1 aliphatic rings. The Kier molecular flexibility index (Phi) is 4.14. The van der Waals surface area contributed by atoms with Crippen molar-refractivity contribution in [3.8, 4) is 0 Å². The monoisotopic (exact) mass is 219 g/mol. The van der Waals surface area contributed by atoms with E-state index in [4.69, 9.17) is 0 Å². The number of hydrogen-bond donors (Lipinski definition) is 1. The van der Waals surface area contributed by atoms with E-state index in [1.165, 1.54) is 38.5 Å². The number of hydrogen-bond acceptors (Lipinski definition) is 3. The lowest BCUT2D eigenvalue weighted by molar-refractivity contribution is 0.318. The van der Waals surface area contributed by atoms with Gasteiger partial charge in [-0.3, -0.25) is 4.98 Å². The molecule has 1 aliphatic carbocycles.